The van der Waals surface area contributed by atoms with Gasteiger partial charge in [-0.2, -0.15) is 5.10 Å². The SMILES string of the molecule is CCc1cc(CC(N)c2ccncn2)n(CC)n1. The standard InChI is InChI=1S/C13H19N5/c1-3-10-7-11(18(4-2)17-10)8-12(14)13-5-6-15-9-16-13/h5-7,9,12H,3-4,8,14H2,1-2H3. The van der Waals surface area contributed by atoms with Gasteiger partial charge in [0.05, 0.1) is 17.4 Å². The Kier molecular flexibility index (Phi) is 4.04. The van der Waals surface area contributed by atoms with Gasteiger partial charge in [0.1, 0.15) is 6.33 Å². The topological polar surface area (TPSA) is 69.6 Å². The Hall–Kier alpha value is -1.75. The average Bonchev–Trinajstić information content (AvgIpc) is 2.82. The first kappa shape index (κ1) is 12.7. The first-order valence-electron chi connectivity index (χ1n) is 6.31. The number of nitrogens with zero attached hydrogens (tertiary/aromatic N) is 4. The Morgan fingerprint density at radius 1 is 1.39 bits per heavy atom. The molecule has 5 heteroatoms. The number of nitrogens with two attached hydrogens (primary N) is 1. The van der Waals surface area contributed by atoms with Gasteiger partial charge in [0.15, 0.2) is 0 Å². The number of rotatable bonds is 5. The van der Waals surface area contributed by atoms with E-state index >= 15 is 0 Å². The van der Waals surface area contributed by atoms with Crippen molar-refractivity contribution in [3.63, 3.8) is 0 Å². The van der Waals surface area contributed by atoms with Gasteiger partial charge in [-0.15, -0.1) is 0 Å². The predicted molar refractivity (Wildman–Crippen MR) is 69.9 cm³/mol. The minimum atomic E-state index is -0.111. The van der Waals surface area contributed by atoms with Crippen LogP contribution in [0.1, 0.15) is 37.0 Å². The van der Waals surface area contributed by atoms with Gasteiger partial charge in [-0.05, 0) is 25.5 Å². The molecule has 0 aliphatic rings. The van der Waals surface area contributed by atoms with Crippen molar-refractivity contribution in [3.8, 4) is 0 Å². The highest BCUT2D eigenvalue weighted by Crippen LogP contribution is 2.15. The molecule has 0 saturated heterocycles. The second-order valence-corrected chi connectivity index (χ2v) is 4.24. The molecule has 2 aromatic rings. The molecule has 0 bridgehead atoms. The maximum absolute atomic E-state index is 6.17. The van der Waals surface area contributed by atoms with Crippen molar-refractivity contribution in [3.05, 3.63) is 41.7 Å². The summed E-state index contributed by atoms with van der Waals surface area (Å²) in [6.45, 7) is 5.06. The van der Waals surface area contributed by atoms with Crippen LogP contribution < -0.4 is 5.73 Å². The summed E-state index contributed by atoms with van der Waals surface area (Å²) in [7, 11) is 0. The van der Waals surface area contributed by atoms with Crippen molar-refractivity contribution in [1.82, 2.24) is 19.7 Å². The molecular weight excluding hydrogens is 226 g/mol. The summed E-state index contributed by atoms with van der Waals surface area (Å²) in [5, 5.41) is 4.52. The van der Waals surface area contributed by atoms with Crippen LogP contribution in [-0.2, 0) is 19.4 Å². The van der Waals surface area contributed by atoms with Crippen LogP contribution in [0.4, 0.5) is 0 Å². The Labute approximate surface area is 107 Å². The first-order chi connectivity index (χ1) is 8.74. The lowest BCUT2D eigenvalue weighted by Crippen LogP contribution is -2.17. The fourth-order valence-corrected chi connectivity index (χ4v) is 1.98. The highest BCUT2D eigenvalue weighted by atomic mass is 15.3. The highest BCUT2D eigenvalue weighted by Gasteiger charge is 2.12. The van der Waals surface area contributed by atoms with E-state index in [1.165, 1.54) is 12.0 Å². The molecular formula is C13H19N5. The number of aromatic nitrogens is 4. The van der Waals surface area contributed by atoms with Crippen LogP contribution in [0.15, 0.2) is 24.7 Å². The van der Waals surface area contributed by atoms with E-state index in [1.54, 1.807) is 6.20 Å². The van der Waals surface area contributed by atoms with Crippen molar-refractivity contribution in [2.75, 3.05) is 0 Å². The number of aryl methyl sites for hydroxylation is 2. The molecule has 0 aliphatic heterocycles. The van der Waals surface area contributed by atoms with Crippen molar-refractivity contribution in [2.45, 2.75) is 39.3 Å². The fourth-order valence-electron chi connectivity index (χ4n) is 1.98. The molecule has 0 aliphatic carbocycles. The van der Waals surface area contributed by atoms with Crippen molar-refractivity contribution in [2.24, 2.45) is 5.73 Å². The second-order valence-electron chi connectivity index (χ2n) is 4.24. The molecule has 2 rings (SSSR count). The molecule has 1 atom stereocenters. The Morgan fingerprint density at radius 2 is 2.22 bits per heavy atom. The molecule has 0 aromatic carbocycles. The first-order valence-corrected chi connectivity index (χ1v) is 6.31. The zero-order valence-corrected chi connectivity index (χ0v) is 10.9. The van der Waals surface area contributed by atoms with Crippen LogP contribution in [0.3, 0.4) is 0 Å². The van der Waals surface area contributed by atoms with Crippen molar-refractivity contribution < 1.29 is 0 Å². The van der Waals surface area contributed by atoms with Gasteiger partial charge < -0.3 is 5.73 Å². The van der Waals surface area contributed by atoms with Gasteiger partial charge in [0.25, 0.3) is 0 Å². The third-order valence-electron chi connectivity index (χ3n) is 2.99. The highest BCUT2D eigenvalue weighted by molar-refractivity contribution is 5.15. The summed E-state index contributed by atoms with van der Waals surface area (Å²) < 4.78 is 2.01. The lowest BCUT2D eigenvalue weighted by Gasteiger charge is -2.11. The minimum Gasteiger partial charge on any atom is -0.322 e. The summed E-state index contributed by atoms with van der Waals surface area (Å²) >= 11 is 0. The lowest BCUT2D eigenvalue weighted by atomic mass is 10.1. The smallest absolute Gasteiger partial charge is 0.115 e. The molecule has 2 heterocycles. The lowest BCUT2D eigenvalue weighted by molar-refractivity contribution is 0.580. The summed E-state index contributed by atoms with van der Waals surface area (Å²) in [6, 6.07) is 3.88. The molecule has 0 amide bonds. The van der Waals surface area contributed by atoms with E-state index in [2.05, 4.69) is 35.0 Å². The van der Waals surface area contributed by atoms with E-state index in [9.17, 15) is 0 Å². The molecule has 0 radical (unpaired) electrons. The zero-order valence-electron chi connectivity index (χ0n) is 10.9. The predicted octanol–water partition coefficient (Wildman–Crippen LogP) is 1.50. The van der Waals surface area contributed by atoms with E-state index in [0.717, 1.165) is 30.8 Å². The van der Waals surface area contributed by atoms with Crippen molar-refractivity contribution >= 4 is 0 Å². The number of hydrogen-bond donors (Lipinski definition) is 1. The summed E-state index contributed by atoms with van der Waals surface area (Å²) in [4.78, 5) is 8.09. The molecule has 2 N–H and O–H groups in total. The average molecular weight is 245 g/mol. The molecule has 0 spiro atoms. The Bertz CT molecular complexity index is 491. The normalized spacial score (nSPS) is 12.6. The second kappa shape index (κ2) is 5.73. The minimum absolute atomic E-state index is 0.111. The molecule has 18 heavy (non-hydrogen) atoms. The molecule has 96 valence electrons. The van der Waals surface area contributed by atoms with Gasteiger partial charge in [0.2, 0.25) is 0 Å². The summed E-state index contributed by atoms with van der Waals surface area (Å²) in [6.07, 6.45) is 4.95. The van der Waals surface area contributed by atoms with Gasteiger partial charge in [0, 0.05) is 24.9 Å². The van der Waals surface area contributed by atoms with Gasteiger partial charge >= 0.3 is 0 Å². The third-order valence-corrected chi connectivity index (χ3v) is 2.99. The molecule has 5 nitrogen and oxygen atoms in total. The van der Waals surface area contributed by atoms with Crippen LogP contribution in [0, 0.1) is 0 Å². The van der Waals surface area contributed by atoms with E-state index in [1.807, 2.05) is 10.7 Å². The van der Waals surface area contributed by atoms with Gasteiger partial charge in [-0.1, -0.05) is 6.92 Å². The molecule has 0 fully saturated rings. The van der Waals surface area contributed by atoms with Crippen LogP contribution >= 0.6 is 0 Å². The zero-order chi connectivity index (χ0) is 13.0. The fraction of sp³-hybridized carbons (Fsp3) is 0.462. The van der Waals surface area contributed by atoms with Crippen LogP contribution in [0.5, 0.6) is 0 Å². The monoisotopic (exact) mass is 245 g/mol. The molecule has 2 aromatic heterocycles. The van der Waals surface area contributed by atoms with Crippen LogP contribution in [-0.4, -0.2) is 19.7 Å². The van der Waals surface area contributed by atoms with Gasteiger partial charge in [-0.25, -0.2) is 9.97 Å². The van der Waals surface area contributed by atoms with Crippen LogP contribution in [0.25, 0.3) is 0 Å². The van der Waals surface area contributed by atoms with Crippen molar-refractivity contribution in [1.29, 1.82) is 0 Å². The Morgan fingerprint density at radius 3 is 2.83 bits per heavy atom. The Balaban J connectivity index is 2.16. The van der Waals surface area contributed by atoms with E-state index < -0.39 is 0 Å². The maximum atomic E-state index is 6.17. The van der Waals surface area contributed by atoms with E-state index in [0.29, 0.717) is 0 Å². The number of hydrogen-bond acceptors (Lipinski definition) is 4. The van der Waals surface area contributed by atoms with E-state index in [-0.39, 0.29) is 6.04 Å². The molecule has 1 unspecified atom stereocenters. The maximum Gasteiger partial charge on any atom is 0.115 e. The van der Waals surface area contributed by atoms with Crippen LogP contribution in [0.2, 0.25) is 0 Å². The summed E-state index contributed by atoms with van der Waals surface area (Å²) in [5.74, 6) is 0. The third kappa shape index (κ3) is 2.73. The molecule has 0 saturated carbocycles. The van der Waals surface area contributed by atoms with Gasteiger partial charge in [-0.3, -0.25) is 4.68 Å². The summed E-state index contributed by atoms with van der Waals surface area (Å²) in [5.41, 5.74) is 9.32. The largest absolute Gasteiger partial charge is 0.322 e. The quantitative estimate of drug-likeness (QED) is 0.866. The van der Waals surface area contributed by atoms with E-state index in [4.69, 9.17) is 5.73 Å².